The van der Waals surface area contributed by atoms with Gasteiger partial charge < -0.3 is 10.6 Å². The van der Waals surface area contributed by atoms with Gasteiger partial charge in [-0.15, -0.1) is 0 Å². The zero-order valence-electron chi connectivity index (χ0n) is 13.3. The first-order valence-corrected chi connectivity index (χ1v) is 9.58. The highest BCUT2D eigenvalue weighted by Gasteiger charge is 2.15. The summed E-state index contributed by atoms with van der Waals surface area (Å²) in [5.74, 6) is 0.612. The normalized spacial score (nSPS) is 16.2. The van der Waals surface area contributed by atoms with Crippen molar-refractivity contribution in [2.75, 3.05) is 26.2 Å². The highest BCUT2D eigenvalue weighted by Crippen LogP contribution is 2.17. The Labute approximate surface area is 138 Å². The van der Waals surface area contributed by atoms with Crippen molar-refractivity contribution >= 4 is 15.9 Å². The third-order valence-electron chi connectivity index (χ3n) is 4.03. The van der Waals surface area contributed by atoms with Crippen LogP contribution in [0.1, 0.15) is 25.7 Å². The van der Waals surface area contributed by atoms with Crippen molar-refractivity contribution in [3.8, 4) is 0 Å². The summed E-state index contributed by atoms with van der Waals surface area (Å²) < 4.78 is 26.4. The van der Waals surface area contributed by atoms with E-state index in [4.69, 9.17) is 0 Å². The molecule has 1 aromatic carbocycles. The average Bonchev–Trinajstić information content (AvgIpc) is 2.59. The predicted octanol–water partition coefficient (Wildman–Crippen LogP) is 0.861. The third-order valence-corrected chi connectivity index (χ3v) is 5.51. The summed E-state index contributed by atoms with van der Waals surface area (Å²) in [6.07, 6.45) is 3.67. The number of piperidine rings is 1. The van der Waals surface area contributed by atoms with Gasteiger partial charge in [0.25, 0.3) is 0 Å². The Kier molecular flexibility index (Phi) is 7.01. The van der Waals surface area contributed by atoms with E-state index >= 15 is 0 Å². The van der Waals surface area contributed by atoms with Gasteiger partial charge in [0.1, 0.15) is 0 Å². The lowest BCUT2D eigenvalue weighted by Gasteiger charge is -2.22. The maximum absolute atomic E-state index is 12.0. The van der Waals surface area contributed by atoms with Gasteiger partial charge >= 0.3 is 0 Å². The summed E-state index contributed by atoms with van der Waals surface area (Å²) in [5.41, 5.74) is 0. The standard InChI is InChI=1S/C16H25N3O3S/c20-16(7-6-14-8-10-17-11-9-14)18-12-13-19-23(21,22)15-4-2-1-3-5-15/h1-5,14,17,19H,6-13H2,(H,18,20). The summed E-state index contributed by atoms with van der Waals surface area (Å²) in [6.45, 7) is 2.56. The fraction of sp³-hybridized carbons (Fsp3) is 0.562. The van der Waals surface area contributed by atoms with Crippen molar-refractivity contribution in [3.05, 3.63) is 30.3 Å². The molecule has 1 aliphatic rings. The molecule has 0 atom stereocenters. The van der Waals surface area contributed by atoms with Crippen LogP contribution in [0.2, 0.25) is 0 Å². The molecule has 0 unspecified atom stereocenters. The summed E-state index contributed by atoms with van der Waals surface area (Å²) >= 11 is 0. The van der Waals surface area contributed by atoms with Gasteiger partial charge in [-0.05, 0) is 50.4 Å². The second-order valence-electron chi connectivity index (χ2n) is 5.79. The zero-order chi connectivity index (χ0) is 16.5. The Morgan fingerprint density at radius 2 is 1.83 bits per heavy atom. The van der Waals surface area contributed by atoms with Gasteiger partial charge in [0.05, 0.1) is 4.90 Å². The lowest BCUT2D eigenvalue weighted by Crippen LogP contribution is -2.35. The third kappa shape index (κ3) is 6.29. The summed E-state index contributed by atoms with van der Waals surface area (Å²) in [7, 11) is -3.50. The van der Waals surface area contributed by atoms with Crippen molar-refractivity contribution in [3.63, 3.8) is 0 Å². The van der Waals surface area contributed by atoms with Crippen molar-refractivity contribution in [2.45, 2.75) is 30.6 Å². The van der Waals surface area contributed by atoms with Crippen molar-refractivity contribution in [1.82, 2.24) is 15.4 Å². The molecule has 1 amide bonds. The van der Waals surface area contributed by atoms with E-state index in [0.29, 0.717) is 18.9 Å². The lowest BCUT2D eigenvalue weighted by molar-refractivity contribution is -0.121. The van der Waals surface area contributed by atoms with Crippen LogP contribution in [0.3, 0.4) is 0 Å². The first-order valence-electron chi connectivity index (χ1n) is 8.10. The van der Waals surface area contributed by atoms with E-state index in [9.17, 15) is 13.2 Å². The van der Waals surface area contributed by atoms with Crippen LogP contribution in [-0.2, 0) is 14.8 Å². The average molecular weight is 339 g/mol. The highest BCUT2D eigenvalue weighted by atomic mass is 32.2. The number of benzene rings is 1. The summed E-state index contributed by atoms with van der Waals surface area (Å²) in [4.78, 5) is 12.0. The number of amides is 1. The fourth-order valence-corrected chi connectivity index (χ4v) is 3.72. The quantitative estimate of drug-likeness (QED) is 0.613. The van der Waals surface area contributed by atoms with E-state index in [-0.39, 0.29) is 17.3 Å². The molecule has 1 saturated heterocycles. The molecule has 1 aliphatic heterocycles. The van der Waals surface area contributed by atoms with Crippen LogP contribution in [0.25, 0.3) is 0 Å². The maximum atomic E-state index is 12.0. The molecule has 0 saturated carbocycles. The van der Waals surface area contributed by atoms with Crippen molar-refractivity contribution < 1.29 is 13.2 Å². The minimum Gasteiger partial charge on any atom is -0.355 e. The van der Waals surface area contributed by atoms with E-state index in [1.165, 1.54) is 0 Å². The van der Waals surface area contributed by atoms with Crippen LogP contribution in [-0.4, -0.2) is 40.5 Å². The molecule has 23 heavy (non-hydrogen) atoms. The van der Waals surface area contributed by atoms with E-state index in [1.54, 1.807) is 30.3 Å². The largest absolute Gasteiger partial charge is 0.355 e. The molecule has 0 aromatic heterocycles. The SMILES string of the molecule is O=C(CCC1CCNCC1)NCCNS(=O)(=O)c1ccccc1. The molecule has 1 aromatic rings. The number of carbonyl (C=O) groups is 1. The van der Waals surface area contributed by atoms with Gasteiger partial charge in [-0.25, -0.2) is 13.1 Å². The molecule has 128 valence electrons. The van der Waals surface area contributed by atoms with Gasteiger partial charge in [-0.1, -0.05) is 18.2 Å². The molecule has 0 spiro atoms. The van der Waals surface area contributed by atoms with Crippen LogP contribution in [0.5, 0.6) is 0 Å². The molecule has 6 nitrogen and oxygen atoms in total. The molecule has 1 heterocycles. The lowest BCUT2D eigenvalue weighted by atomic mass is 9.93. The fourth-order valence-electron chi connectivity index (χ4n) is 2.66. The maximum Gasteiger partial charge on any atom is 0.240 e. The smallest absolute Gasteiger partial charge is 0.240 e. The van der Waals surface area contributed by atoms with Gasteiger partial charge in [0.2, 0.25) is 15.9 Å². The van der Waals surface area contributed by atoms with E-state index in [2.05, 4.69) is 15.4 Å². The van der Waals surface area contributed by atoms with Gasteiger partial charge in [0.15, 0.2) is 0 Å². The molecule has 3 N–H and O–H groups in total. The number of nitrogens with one attached hydrogen (secondary N) is 3. The van der Waals surface area contributed by atoms with E-state index < -0.39 is 10.0 Å². The van der Waals surface area contributed by atoms with Gasteiger partial charge in [0, 0.05) is 19.5 Å². The van der Waals surface area contributed by atoms with E-state index in [0.717, 1.165) is 32.4 Å². The van der Waals surface area contributed by atoms with Gasteiger partial charge in [-0.2, -0.15) is 0 Å². The van der Waals surface area contributed by atoms with Crippen LogP contribution in [0.4, 0.5) is 0 Å². The summed E-state index contributed by atoms with van der Waals surface area (Å²) in [5, 5.41) is 6.07. The van der Waals surface area contributed by atoms with Crippen molar-refractivity contribution in [1.29, 1.82) is 0 Å². The Bertz CT molecular complexity index is 584. The molecule has 0 bridgehead atoms. The molecular weight excluding hydrogens is 314 g/mol. The molecule has 0 radical (unpaired) electrons. The second-order valence-corrected chi connectivity index (χ2v) is 7.56. The molecule has 7 heteroatoms. The Balaban J connectivity index is 1.62. The minimum atomic E-state index is -3.50. The molecule has 0 aliphatic carbocycles. The number of carbonyl (C=O) groups excluding carboxylic acids is 1. The zero-order valence-corrected chi connectivity index (χ0v) is 14.1. The molecule has 1 fully saturated rings. The Morgan fingerprint density at radius 1 is 1.13 bits per heavy atom. The minimum absolute atomic E-state index is 0.0116. The predicted molar refractivity (Wildman–Crippen MR) is 89.5 cm³/mol. The number of sulfonamides is 1. The van der Waals surface area contributed by atoms with Crippen LogP contribution < -0.4 is 15.4 Å². The monoisotopic (exact) mass is 339 g/mol. The number of rotatable bonds is 8. The Hall–Kier alpha value is -1.44. The second kappa shape index (κ2) is 9.00. The number of hydrogen-bond donors (Lipinski definition) is 3. The highest BCUT2D eigenvalue weighted by molar-refractivity contribution is 7.89. The summed E-state index contributed by atoms with van der Waals surface area (Å²) in [6, 6.07) is 8.20. The molecular formula is C16H25N3O3S. The number of hydrogen-bond acceptors (Lipinski definition) is 4. The van der Waals surface area contributed by atoms with E-state index in [1.807, 2.05) is 0 Å². The first-order chi connectivity index (χ1) is 11.1. The first kappa shape index (κ1) is 17.9. The topological polar surface area (TPSA) is 87.3 Å². The van der Waals surface area contributed by atoms with Gasteiger partial charge in [-0.3, -0.25) is 4.79 Å². The van der Waals surface area contributed by atoms with Crippen LogP contribution in [0, 0.1) is 5.92 Å². The van der Waals surface area contributed by atoms with Crippen LogP contribution >= 0.6 is 0 Å². The van der Waals surface area contributed by atoms with Crippen molar-refractivity contribution in [2.24, 2.45) is 5.92 Å². The van der Waals surface area contributed by atoms with Crippen LogP contribution in [0.15, 0.2) is 35.2 Å². The molecule has 2 rings (SSSR count). The Morgan fingerprint density at radius 3 is 2.52 bits per heavy atom.